The maximum atomic E-state index is 2.42. The highest BCUT2D eigenvalue weighted by Gasteiger charge is 2.46. The second kappa shape index (κ2) is 22.7. The molecule has 0 heterocycles. The van der Waals surface area contributed by atoms with Gasteiger partial charge in [0.15, 0.2) is 0 Å². The number of hydrogen-bond donors (Lipinski definition) is 0. The van der Waals surface area contributed by atoms with Gasteiger partial charge in [-0.2, -0.15) is 0 Å². The Morgan fingerprint density at radius 2 is 0.163 bits per heavy atom. The molecule has 0 bridgehead atoms. The van der Waals surface area contributed by atoms with Crippen LogP contribution >= 0.6 is 0 Å². The summed E-state index contributed by atoms with van der Waals surface area (Å²) in [7, 11) is 0. The van der Waals surface area contributed by atoms with Crippen molar-refractivity contribution in [1.82, 2.24) is 0 Å². The van der Waals surface area contributed by atoms with E-state index in [1.54, 1.807) is 44.5 Å². The van der Waals surface area contributed by atoms with Crippen LogP contribution in [0.15, 0.2) is 0 Å². The van der Waals surface area contributed by atoms with Crippen LogP contribution in [0.25, 0.3) is 44.5 Å². The van der Waals surface area contributed by atoms with Crippen LogP contribution in [0.3, 0.4) is 0 Å². The van der Waals surface area contributed by atoms with Gasteiger partial charge in [0.2, 0.25) is 0 Å². The Hall–Kier alpha value is -6.24. The fourth-order valence-corrected chi connectivity index (χ4v) is 19.8. The van der Waals surface area contributed by atoms with E-state index >= 15 is 0 Å². The Kier molecular flexibility index (Phi) is 17.3. The molecular weight excluding hydrogens is 1110 g/mol. The monoisotopic (exact) mass is 1220 g/mol. The summed E-state index contributed by atoms with van der Waals surface area (Å²) >= 11 is 0. The van der Waals surface area contributed by atoms with Crippen LogP contribution in [0.1, 0.15) is 278 Å². The van der Waals surface area contributed by atoms with E-state index in [-0.39, 0.29) is 21.7 Å². The largest absolute Gasteiger partial charge is 0.0516 e. The third-order valence-corrected chi connectivity index (χ3v) is 27.5. The molecule has 0 saturated heterocycles. The summed E-state index contributed by atoms with van der Waals surface area (Å²) in [5, 5.41) is 0. The molecule has 0 nitrogen and oxygen atoms in total. The number of fused-ring (bicyclic) bond motifs is 12. The first-order chi connectivity index (χ1) is 42.1. The van der Waals surface area contributed by atoms with Gasteiger partial charge in [0.1, 0.15) is 0 Å². The molecule has 12 rings (SSSR count). The van der Waals surface area contributed by atoms with Crippen molar-refractivity contribution in [3.8, 4) is 44.5 Å². The number of rotatable bonds is 0. The second-order valence-corrected chi connectivity index (χ2v) is 32.5. The van der Waals surface area contributed by atoms with E-state index in [9.17, 15) is 0 Å². The van der Waals surface area contributed by atoms with Gasteiger partial charge in [-0.1, -0.05) is 55.4 Å². The first-order valence-corrected chi connectivity index (χ1v) is 35.0. The average molecular weight is 1230 g/mol. The zero-order chi connectivity index (χ0) is 69.7. The molecular formula is C92H120. The molecule has 488 valence electrons. The van der Waals surface area contributed by atoms with E-state index in [1.165, 1.54) is 223 Å². The smallest absolute Gasteiger partial charge is 0.0164 e. The molecule has 0 radical (unpaired) electrons. The van der Waals surface area contributed by atoms with Gasteiger partial charge in [0, 0.05) is 21.7 Å². The third-order valence-electron chi connectivity index (χ3n) is 27.5. The predicted molar refractivity (Wildman–Crippen MR) is 408 cm³/mol. The Labute approximate surface area is 562 Å². The highest BCUT2D eigenvalue weighted by Crippen LogP contribution is 2.60. The summed E-state index contributed by atoms with van der Waals surface area (Å²) in [5.74, 6) is 0. The van der Waals surface area contributed by atoms with Crippen LogP contribution in [-0.2, 0) is 21.7 Å². The first kappa shape index (κ1) is 70.1. The lowest BCUT2D eigenvalue weighted by atomic mass is 9.76. The lowest BCUT2D eigenvalue weighted by molar-refractivity contribution is 0.648. The molecule has 4 aliphatic carbocycles. The Morgan fingerprint density at radius 3 is 0.239 bits per heavy atom. The van der Waals surface area contributed by atoms with E-state index in [2.05, 4.69) is 277 Å². The second-order valence-electron chi connectivity index (χ2n) is 32.5. The Morgan fingerprint density at radius 1 is 0.0978 bits per heavy atom. The lowest BCUT2D eigenvalue weighted by Crippen LogP contribution is -2.19. The van der Waals surface area contributed by atoms with Gasteiger partial charge < -0.3 is 0 Å². The van der Waals surface area contributed by atoms with Crippen molar-refractivity contribution in [2.75, 3.05) is 0 Å². The van der Waals surface area contributed by atoms with Gasteiger partial charge >= 0.3 is 0 Å². The first-order valence-electron chi connectivity index (χ1n) is 35.0. The summed E-state index contributed by atoms with van der Waals surface area (Å²) in [5.41, 5.74) is 72.0. The van der Waals surface area contributed by atoms with Crippen LogP contribution in [0.2, 0.25) is 0 Å². The van der Waals surface area contributed by atoms with Crippen LogP contribution in [-0.4, -0.2) is 0 Å². The highest BCUT2D eigenvalue weighted by molar-refractivity contribution is 5.94. The van der Waals surface area contributed by atoms with Crippen LogP contribution in [0.5, 0.6) is 0 Å². The molecule has 0 saturated carbocycles. The van der Waals surface area contributed by atoms with Crippen LogP contribution < -0.4 is 0 Å². The maximum Gasteiger partial charge on any atom is 0.0164 e. The van der Waals surface area contributed by atoms with Gasteiger partial charge in [-0.3, -0.25) is 0 Å². The minimum atomic E-state index is 0.0886. The zero-order valence-corrected chi connectivity index (χ0v) is 66.0. The maximum absolute atomic E-state index is 2.42. The predicted octanol–water partition coefficient (Wildman–Crippen LogP) is 25.8. The quantitative estimate of drug-likeness (QED) is 0.142. The van der Waals surface area contributed by atoms with E-state index in [0.717, 1.165) is 0 Å². The molecule has 0 spiro atoms. The van der Waals surface area contributed by atoms with Crippen LogP contribution in [0, 0.1) is 222 Å². The van der Waals surface area contributed by atoms with Crippen molar-refractivity contribution >= 4 is 0 Å². The minimum Gasteiger partial charge on any atom is -0.0516 e. The van der Waals surface area contributed by atoms with Crippen LogP contribution in [0.4, 0.5) is 0 Å². The van der Waals surface area contributed by atoms with Crippen molar-refractivity contribution < 1.29 is 0 Å². The number of benzene rings is 8. The summed E-state index contributed by atoms with van der Waals surface area (Å²) in [6.07, 6.45) is 0. The van der Waals surface area contributed by atoms with Gasteiger partial charge in [-0.25, -0.2) is 0 Å². The third kappa shape index (κ3) is 9.20. The minimum absolute atomic E-state index is 0.0886. The molecule has 0 aliphatic heterocycles. The SMILES string of the molecule is Cc1c(C)c(C)c2c(c1C)-c1c(C)c(C)c(C)c(C)c1C2(C)C.Cc1c(C)c(C)c2c(c1C)-c1c(C)c(C)c(C)c(C)c1C2(C)C.Cc1c(C)c(C)c2c(c1C)-c1c(C)c(C)c(C)c(C)c1C2(C)C.Cc1c(C)c(C)c2c(c1C)-c1c(C)c(C)c(C)c(C)c1C2(C)C. The van der Waals surface area contributed by atoms with Crippen molar-refractivity contribution in [2.45, 2.75) is 299 Å². The molecule has 0 heteroatoms. The topological polar surface area (TPSA) is 0 Å². The highest BCUT2D eigenvalue weighted by atomic mass is 14.5. The zero-order valence-electron chi connectivity index (χ0n) is 66.0. The molecule has 8 aromatic rings. The molecule has 0 unspecified atom stereocenters. The van der Waals surface area contributed by atoms with E-state index < -0.39 is 0 Å². The van der Waals surface area contributed by atoms with E-state index in [4.69, 9.17) is 0 Å². The molecule has 0 amide bonds. The fraction of sp³-hybridized carbons (Fsp3) is 0.478. The summed E-state index contributed by atoms with van der Waals surface area (Å²) in [4.78, 5) is 0. The molecule has 0 atom stereocenters. The molecule has 0 fully saturated rings. The van der Waals surface area contributed by atoms with Gasteiger partial charge in [-0.05, 0) is 489 Å². The summed E-state index contributed by atoms with van der Waals surface area (Å²) < 4.78 is 0. The average Bonchev–Trinajstić information content (AvgIpc) is 1.57. The molecule has 0 aromatic heterocycles. The molecule has 0 N–H and O–H groups in total. The number of hydrogen-bond acceptors (Lipinski definition) is 0. The van der Waals surface area contributed by atoms with Crippen molar-refractivity contribution in [3.05, 3.63) is 223 Å². The van der Waals surface area contributed by atoms with E-state index in [1.807, 2.05) is 0 Å². The van der Waals surface area contributed by atoms with Gasteiger partial charge in [0.05, 0.1) is 0 Å². The molecule has 8 aromatic carbocycles. The Bertz CT molecular complexity index is 3750. The molecule has 4 aliphatic rings. The van der Waals surface area contributed by atoms with Gasteiger partial charge in [0.25, 0.3) is 0 Å². The molecule has 92 heavy (non-hydrogen) atoms. The summed E-state index contributed by atoms with van der Waals surface area (Å²) in [6.45, 7) is 93.0. The summed E-state index contributed by atoms with van der Waals surface area (Å²) in [6, 6.07) is 0. The van der Waals surface area contributed by atoms with Crippen molar-refractivity contribution in [1.29, 1.82) is 0 Å². The van der Waals surface area contributed by atoms with Crippen molar-refractivity contribution in [2.24, 2.45) is 0 Å². The van der Waals surface area contributed by atoms with Crippen molar-refractivity contribution in [3.63, 3.8) is 0 Å². The standard InChI is InChI=1S/4C23H30/c4*1-11-13(3)17(7)21-19(15(11)5)20-16(6)12(2)14(4)18(8)22(20)23(21,9)10/h4*1-10H3. The van der Waals surface area contributed by atoms with Gasteiger partial charge in [-0.15, -0.1) is 0 Å². The Balaban J connectivity index is 0.000000145. The van der Waals surface area contributed by atoms with E-state index in [0.29, 0.717) is 0 Å². The fourth-order valence-electron chi connectivity index (χ4n) is 19.8. The lowest BCUT2D eigenvalue weighted by Gasteiger charge is -2.28. The normalized spacial score (nSPS) is 14.9.